The Hall–Kier alpha value is -2.05. The number of likely N-dealkylation sites (tertiary alicyclic amines) is 1. The number of hydrogen-bond donors (Lipinski definition) is 4. The number of aliphatic hydroxyl groups excluding tert-OH is 4. The standard InChI is InChI=1S/C31H53NO10/c1-20(25(34)24-26(35)21(2)32(4)30(24)39)17-15-13-11-9-7-5-6-8-10-12-14-16-18-40-31-29(38)28(37)27(36)23(42-31)19-41-22(3)33/h20-21,23,27-29,31,34,36-38H,5-19H2,1-4H3/t20-,21-,23+,27+,28-,29-,31+/m0/s1. The minimum absolute atomic E-state index is 0.0331. The zero-order chi connectivity index (χ0) is 31.2. The van der Waals surface area contributed by atoms with Gasteiger partial charge in [0.1, 0.15) is 42.4 Å². The minimum Gasteiger partial charge on any atom is -0.511 e. The Kier molecular flexibility index (Phi) is 16.0. The average molecular weight is 600 g/mol. The maximum atomic E-state index is 12.3. The first-order chi connectivity index (χ1) is 20.0. The molecule has 7 atom stereocenters. The fraction of sp³-hybridized carbons (Fsp3) is 0.839. The molecule has 4 N–H and O–H groups in total. The Morgan fingerprint density at radius 3 is 1.90 bits per heavy atom. The average Bonchev–Trinajstić information content (AvgIpc) is 3.15. The van der Waals surface area contributed by atoms with Gasteiger partial charge in [0.25, 0.3) is 5.91 Å². The fourth-order valence-electron chi connectivity index (χ4n) is 5.37. The third-order valence-electron chi connectivity index (χ3n) is 8.40. The summed E-state index contributed by atoms with van der Waals surface area (Å²) >= 11 is 0. The van der Waals surface area contributed by atoms with Gasteiger partial charge in [-0.2, -0.15) is 0 Å². The number of hydrogen-bond acceptors (Lipinski definition) is 10. The zero-order valence-corrected chi connectivity index (χ0v) is 25.8. The van der Waals surface area contributed by atoms with Gasteiger partial charge in [-0.05, 0) is 19.8 Å². The maximum Gasteiger partial charge on any atom is 0.302 e. The van der Waals surface area contributed by atoms with Crippen molar-refractivity contribution < 1.29 is 49.0 Å². The van der Waals surface area contributed by atoms with Crippen molar-refractivity contribution in [3.63, 3.8) is 0 Å². The monoisotopic (exact) mass is 599 g/mol. The number of ether oxygens (including phenoxy) is 3. The molecule has 0 aliphatic carbocycles. The van der Waals surface area contributed by atoms with E-state index >= 15 is 0 Å². The van der Waals surface area contributed by atoms with Gasteiger partial charge < -0.3 is 39.5 Å². The van der Waals surface area contributed by atoms with Gasteiger partial charge in [0.2, 0.25) is 0 Å². The second-order valence-electron chi connectivity index (χ2n) is 11.8. The second kappa shape index (κ2) is 18.6. The van der Waals surface area contributed by atoms with Crippen molar-refractivity contribution in [1.29, 1.82) is 0 Å². The van der Waals surface area contributed by atoms with Crippen LogP contribution in [-0.4, -0.2) is 100.0 Å². The van der Waals surface area contributed by atoms with Crippen LogP contribution in [0.3, 0.4) is 0 Å². The topological polar surface area (TPSA) is 163 Å². The van der Waals surface area contributed by atoms with Crippen LogP contribution in [0.1, 0.15) is 104 Å². The summed E-state index contributed by atoms with van der Waals surface area (Å²) in [5.41, 5.74) is -0.0331. The lowest BCUT2D eigenvalue weighted by Gasteiger charge is -2.39. The number of unbranched alkanes of at least 4 members (excludes halogenated alkanes) is 11. The molecule has 2 heterocycles. The van der Waals surface area contributed by atoms with Crippen LogP contribution in [0.2, 0.25) is 0 Å². The molecule has 0 aromatic carbocycles. The van der Waals surface area contributed by atoms with Crippen LogP contribution >= 0.6 is 0 Å². The number of aliphatic hydroxyl groups is 4. The summed E-state index contributed by atoms with van der Waals surface area (Å²) in [5.74, 6) is -1.45. The number of nitrogens with zero attached hydrogens (tertiary/aromatic N) is 1. The normalized spacial score (nSPS) is 28.3. The minimum atomic E-state index is -1.44. The molecule has 0 unspecified atom stereocenters. The number of rotatable bonds is 19. The number of allylic oxidation sites excluding steroid dienone is 1. The molecule has 1 amide bonds. The fourth-order valence-corrected chi connectivity index (χ4v) is 5.37. The van der Waals surface area contributed by atoms with Gasteiger partial charge in [-0.1, -0.05) is 77.6 Å². The highest BCUT2D eigenvalue weighted by atomic mass is 16.7. The summed E-state index contributed by atoms with van der Waals surface area (Å²) < 4.78 is 15.9. The molecule has 0 bridgehead atoms. The highest BCUT2D eigenvalue weighted by Gasteiger charge is 2.44. The maximum absolute atomic E-state index is 12.3. The molecule has 2 rings (SSSR count). The highest BCUT2D eigenvalue weighted by Crippen LogP contribution is 2.27. The predicted octanol–water partition coefficient (Wildman–Crippen LogP) is 3.32. The first kappa shape index (κ1) is 36.1. The second-order valence-corrected chi connectivity index (χ2v) is 11.8. The van der Waals surface area contributed by atoms with Crippen LogP contribution < -0.4 is 0 Å². The molecule has 0 aromatic heterocycles. The zero-order valence-electron chi connectivity index (χ0n) is 25.8. The lowest BCUT2D eigenvalue weighted by molar-refractivity contribution is -0.301. The number of esters is 1. The van der Waals surface area contributed by atoms with E-state index in [1.54, 1.807) is 14.0 Å². The van der Waals surface area contributed by atoms with Crippen LogP contribution in [-0.2, 0) is 28.6 Å². The molecule has 11 heteroatoms. The van der Waals surface area contributed by atoms with E-state index in [1.165, 1.54) is 43.9 Å². The largest absolute Gasteiger partial charge is 0.511 e. The number of ketones is 1. The van der Waals surface area contributed by atoms with Crippen LogP contribution in [0.25, 0.3) is 0 Å². The molecular formula is C31H53NO10. The molecule has 2 saturated heterocycles. The number of Topliss-reactive ketones (excluding diaryl/α,β-unsaturated/α-hetero) is 1. The summed E-state index contributed by atoms with van der Waals surface area (Å²) in [6.07, 6.45) is 7.66. The van der Waals surface area contributed by atoms with E-state index in [0.717, 1.165) is 51.4 Å². The Morgan fingerprint density at radius 2 is 1.40 bits per heavy atom. The Balaban J connectivity index is 1.44. The van der Waals surface area contributed by atoms with Crippen molar-refractivity contribution in [3.8, 4) is 0 Å². The molecular weight excluding hydrogens is 546 g/mol. The molecule has 0 saturated carbocycles. The molecule has 0 radical (unpaired) electrons. The highest BCUT2D eigenvalue weighted by molar-refractivity contribution is 6.26. The van der Waals surface area contributed by atoms with Crippen molar-refractivity contribution in [2.45, 2.75) is 141 Å². The molecule has 2 aliphatic rings. The van der Waals surface area contributed by atoms with E-state index < -0.39 is 42.7 Å². The molecule has 11 nitrogen and oxygen atoms in total. The van der Waals surface area contributed by atoms with Gasteiger partial charge in [0, 0.05) is 26.5 Å². The van der Waals surface area contributed by atoms with E-state index in [0.29, 0.717) is 6.61 Å². The summed E-state index contributed by atoms with van der Waals surface area (Å²) in [4.78, 5) is 36.9. The molecule has 2 fully saturated rings. The number of carbonyl (C=O) groups excluding carboxylic acids is 3. The van der Waals surface area contributed by atoms with Crippen LogP contribution in [0.4, 0.5) is 0 Å². The van der Waals surface area contributed by atoms with Gasteiger partial charge in [0.15, 0.2) is 12.1 Å². The van der Waals surface area contributed by atoms with Gasteiger partial charge in [-0.15, -0.1) is 0 Å². The lowest BCUT2D eigenvalue weighted by Crippen LogP contribution is -2.59. The van der Waals surface area contributed by atoms with E-state index in [4.69, 9.17) is 14.2 Å². The van der Waals surface area contributed by atoms with Crippen molar-refractivity contribution in [1.82, 2.24) is 4.90 Å². The molecule has 42 heavy (non-hydrogen) atoms. The summed E-state index contributed by atoms with van der Waals surface area (Å²) in [7, 11) is 1.59. The number of amides is 1. The van der Waals surface area contributed by atoms with Crippen molar-refractivity contribution in [2.75, 3.05) is 20.3 Å². The number of likely N-dealkylation sites (N-methyl/N-ethyl adjacent to an activating group) is 1. The number of carbonyl (C=O) groups is 3. The van der Waals surface area contributed by atoms with Crippen LogP contribution in [0.5, 0.6) is 0 Å². The first-order valence-corrected chi connectivity index (χ1v) is 15.7. The van der Waals surface area contributed by atoms with E-state index in [2.05, 4.69) is 0 Å². The summed E-state index contributed by atoms with van der Waals surface area (Å²) in [6.45, 7) is 4.92. The van der Waals surface area contributed by atoms with Gasteiger partial charge >= 0.3 is 5.97 Å². The summed E-state index contributed by atoms with van der Waals surface area (Å²) in [5, 5.41) is 40.6. The third kappa shape index (κ3) is 10.9. The van der Waals surface area contributed by atoms with Crippen LogP contribution in [0.15, 0.2) is 11.3 Å². The van der Waals surface area contributed by atoms with Crippen molar-refractivity contribution >= 4 is 17.7 Å². The SMILES string of the molecule is CC(=O)OC[C@H]1O[C@@H](OCCCCCCCCCCCCCC[C@H](C)C(O)=C2C(=O)[C@H](C)N(C)C2=O)[C@@H](O)[C@@H](O)[C@@H]1O. The Morgan fingerprint density at radius 1 is 0.881 bits per heavy atom. The van der Waals surface area contributed by atoms with Crippen molar-refractivity contribution in [2.24, 2.45) is 5.92 Å². The van der Waals surface area contributed by atoms with Crippen LogP contribution in [0, 0.1) is 5.92 Å². The Labute approximate surface area is 250 Å². The molecule has 0 spiro atoms. The predicted molar refractivity (Wildman–Crippen MR) is 155 cm³/mol. The molecule has 242 valence electrons. The van der Waals surface area contributed by atoms with Gasteiger partial charge in [-0.3, -0.25) is 14.4 Å². The van der Waals surface area contributed by atoms with Gasteiger partial charge in [0.05, 0.1) is 6.04 Å². The van der Waals surface area contributed by atoms with E-state index in [-0.39, 0.29) is 35.5 Å². The van der Waals surface area contributed by atoms with E-state index in [9.17, 15) is 34.8 Å². The van der Waals surface area contributed by atoms with E-state index in [1.807, 2.05) is 6.92 Å². The smallest absolute Gasteiger partial charge is 0.302 e. The quantitative estimate of drug-likeness (QED) is 0.0569. The van der Waals surface area contributed by atoms with Gasteiger partial charge in [-0.25, -0.2) is 0 Å². The third-order valence-corrected chi connectivity index (χ3v) is 8.40. The molecule has 0 aromatic rings. The van der Waals surface area contributed by atoms with Crippen molar-refractivity contribution in [3.05, 3.63) is 11.3 Å². The lowest BCUT2D eigenvalue weighted by atomic mass is 9.95. The Bertz CT molecular complexity index is 871. The first-order valence-electron chi connectivity index (χ1n) is 15.7. The summed E-state index contributed by atoms with van der Waals surface area (Å²) in [6, 6.07) is -0.510. The molecule has 2 aliphatic heterocycles.